The molecule has 0 radical (unpaired) electrons. The van der Waals surface area contributed by atoms with E-state index in [1.807, 2.05) is 49.4 Å². The molecule has 0 aromatic heterocycles. The molecule has 0 spiro atoms. The Kier molecular flexibility index (Phi) is 4.31. The molecular weight excluding hydrogens is 312 g/mol. The topological polar surface area (TPSA) is 60.7 Å². The van der Waals surface area contributed by atoms with Crippen LogP contribution < -0.4 is 0 Å². The maximum Gasteiger partial charge on any atom is 0.191 e. The lowest BCUT2D eigenvalue weighted by atomic mass is 9.76. The van der Waals surface area contributed by atoms with E-state index in [4.69, 9.17) is 0 Å². The zero-order valence-electron chi connectivity index (χ0n) is 14.8. The van der Waals surface area contributed by atoms with Gasteiger partial charge in [-0.1, -0.05) is 68.0 Å². The Morgan fingerprint density at radius 2 is 1.68 bits per heavy atom. The molecule has 0 saturated heterocycles. The first-order chi connectivity index (χ1) is 11.7. The van der Waals surface area contributed by atoms with Gasteiger partial charge < -0.3 is 15.3 Å². The largest absolute Gasteiger partial charge is 0.508 e. The second kappa shape index (κ2) is 6.17. The summed E-state index contributed by atoms with van der Waals surface area (Å²) >= 11 is 0. The SMILES string of the molecule is Cc1ccc(O)c(Cc2ccccc2C2=CC(C)(C)C(O)(O)C=C2)c1. The highest BCUT2D eigenvalue weighted by Gasteiger charge is 2.40. The summed E-state index contributed by atoms with van der Waals surface area (Å²) in [5, 5.41) is 30.4. The molecule has 2 aromatic carbocycles. The van der Waals surface area contributed by atoms with Gasteiger partial charge in [0, 0.05) is 11.8 Å². The van der Waals surface area contributed by atoms with Gasteiger partial charge >= 0.3 is 0 Å². The van der Waals surface area contributed by atoms with Gasteiger partial charge in [0.2, 0.25) is 0 Å². The number of aromatic hydroxyl groups is 1. The minimum Gasteiger partial charge on any atom is -0.508 e. The average Bonchev–Trinajstić information content (AvgIpc) is 2.54. The smallest absolute Gasteiger partial charge is 0.191 e. The summed E-state index contributed by atoms with van der Waals surface area (Å²) in [6, 6.07) is 13.6. The Labute approximate surface area is 148 Å². The second-order valence-corrected chi connectivity index (χ2v) is 7.35. The van der Waals surface area contributed by atoms with Crippen molar-refractivity contribution < 1.29 is 15.3 Å². The molecule has 2 aromatic rings. The molecule has 3 nitrogen and oxygen atoms in total. The highest BCUT2D eigenvalue weighted by atomic mass is 16.5. The van der Waals surface area contributed by atoms with Crippen molar-refractivity contribution in [3.8, 4) is 5.75 Å². The first-order valence-corrected chi connectivity index (χ1v) is 8.43. The van der Waals surface area contributed by atoms with E-state index in [1.54, 1.807) is 26.0 Å². The van der Waals surface area contributed by atoms with Gasteiger partial charge in [0.25, 0.3) is 0 Å². The predicted octanol–water partition coefficient (Wildman–Crippen LogP) is 3.95. The number of benzene rings is 2. The number of allylic oxidation sites excluding steroid dienone is 2. The van der Waals surface area contributed by atoms with Crippen LogP contribution in [-0.4, -0.2) is 21.1 Å². The summed E-state index contributed by atoms with van der Waals surface area (Å²) in [6.07, 6.45) is 5.68. The van der Waals surface area contributed by atoms with Crippen molar-refractivity contribution in [2.24, 2.45) is 5.41 Å². The Morgan fingerprint density at radius 1 is 0.960 bits per heavy atom. The third-order valence-electron chi connectivity index (χ3n) is 4.90. The van der Waals surface area contributed by atoms with Gasteiger partial charge in [-0.15, -0.1) is 0 Å². The molecule has 0 atom stereocenters. The van der Waals surface area contributed by atoms with E-state index < -0.39 is 11.2 Å². The van der Waals surface area contributed by atoms with Crippen LogP contribution in [0.4, 0.5) is 0 Å². The van der Waals surface area contributed by atoms with Crippen molar-refractivity contribution in [3.05, 3.63) is 82.9 Å². The summed E-state index contributed by atoms with van der Waals surface area (Å²) in [6.45, 7) is 5.60. The van der Waals surface area contributed by atoms with Gasteiger partial charge in [0.1, 0.15) is 5.75 Å². The van der Waals surface area contributed by atoms with Gasteiger partial charge in [0.05, 0.1) is 0 Å². The number of rotatable bonds is 3. The lowest BCUT2D eigenvalue weighted by Gasteiger charge is -2.37. The van der Waals surface area contributed by atoms with Crippen LogP contribution in [0.3, 0.4) is 0 Å². The standard InChI is InChI=1S/C22H24O3/c1-15-8-9-20(23)18(12-15)13-16-6-4-5-7-19(16)17-10-11-22(24,25)21(2,3)14-17/h4-12,14,23-25H,13H2,1-3H3. The van der Waals surface area contributed by atoms with E-state index in [0.29, 0.717) is 12.2 Å². The van der Waals surface area contributed by atoms with Crippen molar-refractivity contribution in [2.45, 2.75) is 33.0 Å². The highest BCUT2D eigenvalue weighted by molar-refractivity contribution is 5.78. The van der Waals surface area contributed by atoms with Crippen LogP contribution >= 0.6 is 0 Å². The van der Waals surface area contributed by atoms with Gasteiger partial charge in [-0.25, -0.2) is 0 Å². The maximum absolute atomic E-state index is 10.2. The quantitative estimate of drug-likeness (QED) is 0.744. The summed E-state index contributed by atoms with van der Waals surface area (Å²) < 4.78 is 0. The van der Waals surface area contributed by atoms with Gasteiger partial charge in [0.15, 0.2) is 5.79 Å². The fourth-order valence-electron chi connectivity index (χ4n) is 3.15. The zero-order chi connectivity index (χ0) is 18.2. The third-order valence-corrected chi connectivity index (χ3v) is 4.90. The monoisotopic (exact) mass is 336 g/mol. The number of aliphatic hydroxyl groups is 2. The number of phenols is 1. The molecule has 25 heavy (non-hydrogen) atoms. The molecule has 0 saturated carbocycles. The van der Waals surface area contributed by atoms with E-state index in [1.165, 1.54) is 6.08 Å². The summed E-state index contributed by atoms with van der Waals surface area (Å²) in [4.78, 5) is 0. The first kappa shape index (κ1) is 17.5. The molecule has 0 heterocycles. The molecule has 1 aliphatic carbocycles. The Balaban J connectivity index is 2.02. The molecule has 3 heteroatoms. The minimum absolute atomic E-state index is 0.290. The van der Waals surface area contributed by atoms with Crippen LogP contribution in [0.25, 0.3) is 5.57 Å². The zero-order valence-corrected chi connectivity index (χ0v) is 14.8. The average molecular weight is 336 g/mol. The molecule has 0 bridgehead atoms. The van der Waals surface area contributed by atoms with Gasteiger partial charge in [-0.3, -0.25) is 0 Å². The molecule has 130 valence electrons. The van der Waals surface area contributed by atoms with Gasteiger partial charge in [-0.05, 0) is 41.3 Å². The molecule has 0 unspecified atom stereocenters. The van der Waals surface area contributed by atoms with Crippen LogP contribution in [0.2, 0.25) is 0 Å². The Bertz CT molecular complexity index is 857. The van der Waals surface area contributed by atoms with Crippen molar-refractivity contribution >= 4 is 5.57 Å². The lowest BCUT2D eigenvalue weighted by molar-refractivity contribution is -0.178. The predicted molar refractivity (Wildman–Crippen MR) is 100 cm³/mol. The van der Waals surface area contributed by atoms with Crippen molar-refractivity contribution in [1.29, 1.82) is 0 Å². The van der Waals surface area contributed by atoms with Crippen LogP contribution in [-0.2, 0) is 6.42 Å². The fourth-order valence-corrected chi connectivity index (χ4v) is 3.15. The van der Waals surface area contributed by atoms with Crippen molar-refractivity contribution in [3.63, 3.8) is 0 Å². The van der Waals surface area contributed by atoms with Crippen LogP contribution in [0.15, 0.2) is 60.7 Å². The van der Waals surface area contributed by atoms with Crippen molar-refractivity contribution in [2.75, 3.05) is 0 Å². The summed E-state index contributed by atoms with van der Waals surface area (Å²) in [5.41, 5.74) is 4.25. The summed E-state index contributed by atoms with van der Waals surface area (Å²) in [7, 11) is 0. The normalized spacial score (nSPS) is 18.0. The highest BCUT2D eigenvalue weighted by Crippen LogP contribution is 2.40. The maximum atomic E-state index is 10.2. The van der Waals surface area contributed by atoms with Crippen molar-refractivity contribution in [1.82, 2.24) is 0 Å². The third kappa shape index (κ3) is 3.39. The van der Waals surface area contributed by atoms with Gasteiger partial charge in [-0.2, -0.15) is 0 Å². The number of phenolic OH excluding ortho intramolecular Hbond substituents is 1. The minimum atomic E-state index is -1.86. The van der Waals surface area contributed by atoms with Crippen LogP contribution in [0.5, 0.6) is 5.75 Å². The fraction of sp³-hybridized carbons (Fsp3) is 0.273. The van der Waals surface area contributed by atoms with E-state index in [2.05, 4.69) is 0 Å². The number of aryl methyl sites for hydroxylation is 1. The van der Waals surface area contributed by atoms with E-state index in [0.717, 1.165) is 27.8 Å². The Morgan fingerprint density at radius 3 is 2.40 bits per heavy atom. The van der Waals surface area contributed by atoms with Crippen LogP contribution in [0, 0.1) is 12.3 Å². The first-order valence-electron chi connectivity index (χ1n) is 8.43. The molecule has 0 aliphatic heterocycles. The molecule has 1 aliphatic rings. The second-order valence-electron chi connectivity index (χ2n) is 7.35. The Hall–Kier alpha value is -2.36. The molecule has 0 amide bonds. The molecular formula is C22H24O3. The number of hydrogen-bond donors (Lipinski definition) is 3. The molecule has 3 rings (SSSR count). The van der Waals surface area contributed by atoms with Crippen LogP contribution in [0.1, 0.15) is 36.1 Å². The lowest BCUT2D eigenvalue weighted by Crippen LogP contribution is -2.43. The molecule has 3 N–H and O–H groups in total. The summed E-state index contributed by atoms with van der Waals surface area (Å²) in [5.74, 6) is -1.57. The number of hydrogen-bond acceptors (Lipinski definition) is 3. The molecule has 0 fully saturated rings. The van der Waals surface area contributed by atoms with E-state index in [-0.39, 0.29) is 0 Å². The van der Waals surface area contributed by atoms with E-state index >= 15 is 0 Å². The van der Waals surface area contributed by atoms with E-state index in [9.17, 15) is 15.3 Å².